The lowest BCUT2D eigenvalue weighted by atomic mass is 10.3. The maximum absolute atomic E-state index is 5.30. The van der Waals surface area contributed by atoms with Crippen molar-refractivity contribution in [2.45, 2.75) is 13.1 Å². The van der Waals surface area contributed by atoms with Gasteiger partial charge in [-0.2, -0.15) is 0 Å². The molecule has 0 aromatic carbocycles. The van der Waals surface area contributed by atoms with Crippen LogP contribution in [0, 0.1) is 0 Å². The molecule has 0 bridgehead atoms. The quantitative estimate of drug-likeness (QED) is 0.585. The number of nitrogens with one attached hydrogen (secondary N) is 1. The number of hydrogen-bond acceptors (Lipinski definition) is 3. The molecule has 10 heavy (non-hydrogen) atoms. The average molecular weight is 144 g/mol. The minimum atomic E-state index is 0.429. The molecule has 0 radical (unpaired) electrons. The topological polar surface area (TPSA) is 24.5 Å². The van der Waals surface area contributed by atoms with Crippen molar-refractivity contribution in [2.75, 3.05) is 33.4 Å². The van der Waals surface area contributed by atoms with Gasteiger partial charge in [0.15, 0.2) is 0 Å². The normalized spacial score (nSPS) is 28.8. The van der Waals surface area contributed by atoms with Gasteiger partial charge in [-0.1, -0.05) is 6.92 Å². The fraction of sp³-hybridized carbons (Fsp3) is 1.00. The third kappa shape index (κ3) is 1.68. The summed E-state index contributed by atoms with van der Waals surface area (Å²) in [6.07, 6.45) is 0.429. The zero-order valence-electron chi connectivity index (χ0n) is 6.76. The minimum Gasteiger partial charge on any atom is -0.377 e. The first-order valence-electron chi connectivity index (χ1n) is 3.87. The van der Waals surface area contributed by atoms with Crippen LogP contribution in [0.25, 0.3) is 0 Å². The van der Waals surface area contributed by atoms with E-state index in [1.807, 2.05) is 7.05 Å². The monoisotopic (exact) mass is 144 g/mol. The van der Waals surface area contributed by atoms with E-state index in [2.05, 4.69) is 17.1 Å². The number of ether oxygens (including phenoxy) is 1. The standard InChI is InChI=1S/C7H16N2O/c1-3-9-4-5-10-6-7(9)8-2/h7-8H,3-6H2,1-2H3. The molecule has 1 N–H and O–H groups in total. The van der Waals surface area contributed by atoms with Crippen molar-refractivity contribution in [1.82, 2.24) is 10.2 Å². The maximum Gasteiger partial charge on any atom is 0.0836 e. The van der Waals surface area contributed by atoms with Gasteiger partial charge < -0.3 is 10.1 Å². The van der Waals surface area contributed by atoms with Crippen molar-refractivity contribution in [2.24, 2.45) is 0 Å². The molecule has 1 atom stereocenters. The molecule has 1 rings (SSSR count). The van der Waals surface area contributed by atoms with Crippen molar-refractivity contribution < 1.29 is 4.74 Å². The van der Waals surface area contributed by atoms with Crippen LogP contribution in [0.1, 0.15) is 6.92 Å². The Labute approximate surface area is 62.3 Å². The van der Waals surface area contributed by atoms with E-state index in [4.69, 9.17) is 4.74 Å². The lowest BCUT2D eigenvalue weighted by molar-refractivity contribution is -0.0148. The highest BCUT2D eigenvalue weighted by Crippen LogP contribution is 2.01. The van der Waals surface area contributed by atoms with E-state index in [1.165, 1.54) is 0 Å². The molecule has 0 saturated carbocycles. The Kier molecular flexibility index (Phi) is 3.12. The summed E-state index contributed by atoms with van der Waals surface area (Å²) in [6.45, 7) is 6.04. The smallest absolute Gasteiger partial charge is 0.0836 e. The Hall–Kier alpha value is -0.120. The molecule has 1 unspecified atom stereocenters. The van der Waals surface area contributed by atoms with Crippen LogP contribution >= 0.6 is 0 Å². The summed E-state index contributed by atoms with van der Waals surface area (Å²) in [5.74, 6) is 0. The van der Waals surface area contributed by atoms with Crippen LogP contribution in [0.2, 0.25) is 0 Å². The van der Waals surface area contributed by atoms with Crippen molar-refractivity contribution in [1.29, 1.82) is 0 Å². The number of likely N-dealkylation sites (N-methyl/N-ethyl adjacent to an activating group) is 2. The molecule has 0 aliphatic carbocycles. The van der Waals surface area contributed by atoms with Gasteiger partial charge in [-0.05, 0) is 13.6 Å². The second-order valence-electron chi connectivity index (χ2n) is 2.51. The lowest BCUT2D eigenvalue weighted by Gasteiger charge is -2.34. The van der Waals surface area contributed by atoms with Crippen LogP contribution in [0.5, 0.6) is 0 Å². The van der Waals surface area contributed by atoms with Gasteiger partial charge in [0.25, 0.3) is 0 Å². The Bertz CT molecular complexity index is 85.6. The first-order valence-corrected chi connectivity index (χ1v) is 3.87. The summed E-state index contributed by atoms with van der Waals surface area (Å²) in [7, 11) is 1.97. The van der Waals surface area contributed by atoms with Crippen molar-refractivity contribution in [3.8, 4) is 0 Å². The fourth-order valence-corrected chi connectivity index (χ4v) is 1.28. The first kappa shape index (κ1) is 7.98. The predicted octanol–water partition coefficient (Wildman–Crippen LogP) is -0.116. The Balaban J connectivity index is 2.34. The van der Waals surface area contributed by atoms with Gasteiger partial charge >= 0.3 is 0 Å². The van der Waals surface area contributed by atoms with E-state index >= 15 is 0 Å². The predicted molar refractivity (Wildman–Crippen MR) is 40.9 cm³/mol. The van der Waals surface area contributed by atoms with Gasteiger partial charge in [0.2, 0.25) is 0 Å². The number of morpholine rings is 1. The van der Waals surface area contributed by atoms with Crippen molar-refractivity contribution >= 4 is 0 Å². The van der Waals surface area contributed by atoms with Crippen molar-refractivity contribution in [3.05, 3.63) is 0 Å². The van der Waals surface area contributed by atoms with Crippen LogP contribution in [0.4, 0.5) is 0 Å². The Morgan fingerprint density at radius 3 is 3.00 bits per heavy atom. The van der Waals surface area contributed by atoms with Crippen LogP contribution < -0.4 is 5.32 Å². The number of hydrogen-bond donors (Lipinski definition) is 1. The molecule has 1 fully saturated rings. The Morgan fingerprint density at radius 1 is 1.70 bits per heavy atom. The Morgan fingerprint density at radius 2 is 2.50 bits per heavy atom. The third-order valence-corrected chi connectivity index (χ3v) is 1.98. The first-order chi connectivity index (χ1) is 4.88. The second kappa shape index (κ2) is 3.91. The molecular weight excluding hydrogens is 128 g/mol. The van der Waals surface area contributed by atoms with Crippen LogP contribution in [-0.2, 0) is 4.74 Å². The summed E-state index contributed by atoms with van der Waals surface area (Å²) >= 11 is 0. The maximum atomic E-state index is 5.30. The van der Waals surface area contributed by atoms with Crippen LogP contribution in [0.15, 0.2) is 0 Å². The summed E-state index contributed by atoms with van der Waals surface area (Å²) in [4.78, 5) is 2.38. The fourth-order valence-electron chi connectivity index (χ4n) is 1.28. The lowest BCUT2D eigenvalue weighted by Crippen LogP contribution is -2.51. The molecule has 1 aliphatic heterocycles. The van der Waals surface area contributed by atoms with Crippen LogP contribution in [-0.4, -0.2) is 44.4 Å². The van der Waals surface area contributed by atoms with Gasteiger partial charge in [-0.25, -0.2) is 0 Å². The van der Waals surface area contributed by atoms with Gasteiger partial charge in [-0.3, -0.25) is 4.90 Å². The number of nitrogens with zero attached hydrogens (tertiary/aromatic N) is 1. The summed E-state index contributed by atoms with van der Waals surface area (Å²) in [6, 6.07) is 0. The van der Waals surface area contributed by atoms with Gasteiger partial charge in [-0.15, -0.1) is 0 Å². The molecule has 0 aromatic rings. The molecule has 1 saturated heterocycles. The molecule has 1 aliphatic rings. The number of rotatable bonds is 2. The minimum absolute atomic E-state index is 0.429. The van der Waals surface area contributed by atoms with E-state index in [1.54, 1.807) is 0 Å². The largest absolute Gasteiger partial charge is 0.377 e. The molecule has 60 valence electrons. The third-order valence-electron chi connectivity index (χ3n) is 1.98. The van der Waals surface area contributed by atoms with E-state index in [0.717, 1.165) is 26.3 Å². The summed E-state index contributed by atoms with van der Waals surface area (Å²) in [5.41, 5.74) is 0. The summed E-state index contributed by atoms with van der Waals surface area (Å²) in [5, 5.41) is 3.21. The van der Waals surface area contributed by atoms with Gasteiger partial charge in [0.1, 0.15) is 0 Å². The van der Waals surface area contributed by atoms with Crippen molar-refractivity contribution in [3.63, 3.8) is 0 Å². The average Bonchev–Trinajstić information content (AvgIpc) is 2.04. The van der Waals surface area contributed by atoms with Gasteiger partial charge in [0, 0.05) is 6.54 Å². The van der Waals surface area contributed by atoms with E-state index < -0.39 is 0 Å². The van der Waals surface area contributed by atoms with E-state index in [9.17, 15) is 0 Å². The molecule has 1 heterocycles. The van der Waals surface area contributed by atoms with Gasteiger partial charge in [0.05, 0.1) is 19.4 Å². The highest BCUT2D eigenvalue weighted by atomic mass is 16.5. The summed E-state index contributed by atoms with van der Waals surface area (Å²) < 4.78 is 5.30. The zero-order chi connectivity index (χ0) is 7.40. The zero-order valence-corrected chi connectivity index (χ0v) is 6.76. The molecular formula is C7H16N2O. The van der Waals surface area contributed by atoms with Crippen LogP contribution in [0.3, 0.4) is 0 Å². The molecule has 0 amide bonds. The highest BCUT2D eigenvalue weighted by molar-refractivity contribution is 4.69. The SMILES string of the molecule is CCN1CCOCC1NC. The molecule has 3 nitrogen and oxygen atoms in total. The molecule has 3 heteroatoms. The second-order valence-corrected chi connectivity index (χ2v) is 2.51. The van der Waals surface area contributed by atoms with E-state index in [0.29, 0.717) is 6.17 Å². The molecule has 0 spiro atoms. The molecule has 0 aromatic heterocycles. The highest BCUT2D eigenvalue weighted by Gasteiger charge is 2.18. The van der Waals surface area contributed by atoms with E-state index in [-0.39, 0.29) is 0 Å².